The van der Waals surface area contributed by atoms with Crippen LogP contribution in [0.4, 0.5) is 0 Å². The van der Waals surface area contributed by atoms with Crippen molar-refractivity contribution < 1.29 is 4.79 Å². The second kappa shape index (κ2) is 4.42. The van der Waals surface area contributed by atoms with Crippen molar-refractivity contribution in [2.45, 2.75) is 19.9 Å². The number of hydrogen-bond acceptors (Lipinski definition) is 2. The maximum Gasteiger partial charge on any atom is 0.255 e. The molecule has 0 fully saturated rings. The Balaban J connectivity index is 2.95. The van der Waals surface area contributed by atoms with E-state index in [4.69, 9.17) is 11.6 Å². The lowest BCUT2D eigenvalue weighted by Gasteiger charge is -2.21. The molecule has 1 rings (SSSR count). The van der Waals surface area contributed by atoms with Crippen LogP contribution in [0.5, 0.6) is 0 Å². The van der Waals surface area contributed by atoms with E-state index >= 15 is 0 Å². The van der Waals surface area contributed by atoms with E-state index in [9.17, 15) is 4.79 Å². The molecule has 0 aliphatic carbocycles. The van der Waals surface area contributed by atoms with E-state index in [1.165, 1.54) is 6.20 Å². The molecular weight excluding hydrogens is 200 g/mol. The van der Waals surface area contributed by atoms with E-state index < -0.39 is 0 Å². The number of aromatic nitrogens is 1. The average Bonchev–Trinajstić information content (AvgIpc) is 2.16. The summed E-state index contributed by atoms with van der Waals surface area (Å²) in [6.07, 6.45) is 3.04. The van der Waals surface area contributed by atoms with Gasteiger partial charge in [-0.2, -0.15) is 0 Å². The molecule has 0 aliphatic rings. The lowest BCUT2D eigenvalue weighted by molar-refractivity contribution is 0.0755. The normalized spacial score (nSPS) is 10.4. The maximum absolute atomic E-state index is 11.8. The van der Waals surface area contributed by atoms with Crippen LogP contribution < -0.4 is 0 Å². The number of carbonyl (C=O) groups excluding carboxylic acids is 1. The SMILES string of the molecule is CC(C)N(C)C(=O)c1ccncc1Cl. The van der Waals surface area contributed by atoms with Crippen LogP contribution in [-0.4, -0.2) is 28.9 Å². The Morgan fingerprint density at radius 3 is 2.71 bits per heavy atom. The number of nitrogens with zero attached hydrogens (tertiary/aromatic N) is 2. The Kier molecular flexibility index (Phi) is 3.47. The molecule has 0 N–H and O–H groups in total. The van der Waals surface area contributed by atoms with Gasteiger partial charge in [0.05, 0.1) is 10.6 Å². The lowest BCUT2D eigenvalue weighted by Crippen LogP contribution is -2.33. The molecule has 1 aromatic rings. The Hall–Kier alpha value is -1.09. The Bertz CT molecular complexity index is 339. The summed E-state index contributed by atoms with van der Waals surface area (Å²) < 4.78 is 0. The summed E-state index contributed by atoms with van der Waals surface area (Å²) in [5, 5.41) is 0.394. The summed E-state index contributed by atoms with van der Waals surface area (Å²) in [5.41, 5.74) is 0.498. The molecule has 1 aromatic heterocycles. The molecule has 0 spiro atoms. The first-order chi connectivity index (χ1) is 6.54. The van der Waals surface area contributed by atoms with Crippen LogP contribution in [-0.2, 0) is 0 Å². The summed E-state index contributed by atoms with van der Waals surface area (Å²) in [6, 6.07) is 1.79. The second-order valence-electron chi connectivity index (χ2n) is 3.37. The third-order valence-electron chi connectivity index (χ3n) is 2.10. The molecule has 1 amide bonds. The fourth-order valence-electron chi connectivity index (χ4n) is 0.973. The maximum atomic E-state index is 11.8. The van der Waals surface area contributed by atoms with Gasteiger partial charge in [-0.05, 0) is 19.9 Å². The first-order valence-electron chi connectivity index (χ1n) is 4.40. The van der Waals surface area contributed by atoms with Crippen molar-refractivity contribution in [1.29, 1.82) is 0 Å². The average molecular weight is 213 g/mol. The van der Waals surface area contributed by atoms with Crippen molar-refractivity contribution in [2.75, 3.05) is 7.05 Å². The molecule has 14 heavy (non-hydrogen) atoms. The number of pyridine rings is 1. The third-order valence-corrected chi connectivity index (χ3v) is 2.40. The van der Waals surface area contributed by atoms with E-state index in [-0.39, 0.29) is 11.9 Å². The van der Waals surface area contributed by atoms with Gasteiger partial charge in [-0.1, -0.05) is 11.6 Å². The molecule has 3 nitrogen and oxygen atoms in total. The van der Waals surface area contributed by atoms with Crippen molar-refractivity contribution >= 4 is 17.5 Å². The topological polar surface area (TPSA) is 33.2 Å². The largest absolute Gasteiger partial charge is 0.339 e. The van der Waals surface area contributed by atoms with Crippen LogP contribution in [0.2, 0.25) is 5.02 Å². The molecule has 0 aliphatic heterocycles. The van der Waals surface area contributed by atoms with Crippen molar-refractivity contribution in [2.24, 2.45) is 0 Å². The van der Waals surface area contributed by atoms with Gasteiger partial charge in [-0.25, -0.2) is 0 Å². The molecule has 0 unspecified atom stereocenters. The van der Waals surface area contributed by atoms with Gasteiger partial charge in [-0.3, -0.25) is 9.78 Å². The molecule has 0 aromatic carbocycles. The highest BCUT2D eigenvalue weighted by atomic mass is 35.5. The number of hydrogen-bond donors (Lipinski definition) is 0. The van der Waals surface area contributed by atoms with E-state index in [1.807, 2.05) is 13.8 Å². The zero-order chi connectivity index (χ0) is 10.7. The number of carbonyl (C=O) groups is 1. The van der Waals surface area contributed by atoms with Crippen molar-refractivity contribution in [1.82, 2.24) is 9.88 Å². The second-order valence-corrected chi connectivity index (χ2v) is 3.77. The van der Waals surface area contributed by atoms with Gasteiger partial charge >= 0.3 is 0 Å². The number of rotatable bonds is 2. The zero-order valence-electron chi connectivity index (χ0n) is 8.49. The standard InChI is InChI=1S/C10H13ClN2O/c1-7(2)13(3)10(14)8-4-5-12-6-9(8)11/h4-7H,1-3H3. The molecule has 76 valence electrons. The summed E-state index contributed by atoms with van der Waals surface area (Å²) in [7, 11) is 1.75. The lowest BCUT2D eigenvalue weighted by atomic mass is 10.2. The highest BCUT2D eigenvalue weighted by Crippen LogP contribution is 2.15. The van der Waals surface area contributed by atoms with Gasteiger partial charge in [0.1, 0.15) is 0 Å². The molecule has 0 saturated carbocycles. The van der Waals surface area contributed by atoms with Gasteiger partial charge < -0.3 is 4.90 Å². The number of amides is 1. The summed E-state index contributed by atoms with van der Waals surface area (Å²) in [5.74, 6) is -0.0765. The molecule has 0 atom stereocenters. The Morgan fingerprint density at radius 1 is 1.57 bits per heavy atom. The van der Waals surface area contributed by atoms with E-state index in [0.717, 1.165) is 0 Å². The predicted octanol–water partition coefficient (Wildman–Crippen LogP) is 2.22. The highest BCUT2D eigenvalue weighted by molar-refractivity contribution is 6.33. The first kappa shape index (κ1) is 11.0. The van der Waals surface area contributed by atoms with Crippen LogP contribution >= 0.6 is 11.6 Å². The smallest absolute Gasteiger partial charge is 0.255 e. The molecule has 0 radical (unpaired) electrons. The third kappa shape index (κ3) is 2.23. The Morgan fingerprint density at radius 2 is 2.21 bits per heavy atom. The molecule has 0 bridgehead atoms. The van der Waals surface area contributed by atoms with E-state index in [2.05, 4.69) is 4.98 Å². The molecule has 1 heterocycles. The minimum Gasteiger partial charge on any atom is -0.339 e. The van der Waals surface area contributed by atoms with Crippen LogP contribution in [0, 0.1) is 0 Å². The van der Waals surface area contributed by atoms with Crippen molar-refractivity contribution in [3.05, 3.63) is 29.0 Å². The van der Waals surface area contributed by atoms with Gasteiger partial charge in [-0.15, -0.1) is 0 Å². The first-order valence-corrected chi connectivity index (χ1v) is 4.78. The highest BCUT2D eigenvalue weighted by Gasteiger charge is 2.16. The van der Waals surface area contributed by atoms with Gasteiger partial charge in [0, 0.05) is 25.5 Å². The van der Waals surface area contributed by atoms with Gasteiger partial charge in [0.2, 0.25) is 0 Å². The molecular formula is C10H13ClN2O. The fraction of sp³-hybridized carbons (Fsp3) is 0.400. The zero-order valence-corrected chi connectivity index (χ0v) is 9.25. The Labute approximate surface area is 88.7 Å². The molecule has 0 saturated heterocycles. The summed E-state index contributed by atoms with van der Waals surface area (Å²) in [4.78, 5) is 17.3. The number of halogens is 1. The quantitative estimate of drug-likeness (QED) is 0.753. The monoisotopic (exact) mass is 212 g/mol. The van der Waals surface area contributed by atoms with Crippen molar-refractivity contribution in [3.8, 4) is 0 Å². The van der Waals surface area contributed by atoms with Crippen LogP contribution in [0.15, 0.2) is 18.5 Å². The van der Waals surface area contributed by atoms with Crippen LogP contribution in [0.1, 0.15) is 24.2 Å². The van der Waals surface area contributed by atoms with E-state index in [1.54, 1.807) is 24.2 Å². The minimum atomic E-state index is -0.0765. The van der Waals surface area contributed by atoms with Crippen molar-refractivity contribution in [3.63, 3.8) is 0 Å². The van der Waals surface area contributed by atoms with Crippen LogP contribution in [0.25, 0.3) is 0 Å². The van der Waals surface area contributed by atoms with E-state index in [0.29, 0.717) is 10.6 Å². The minimum absolute atomic E-state index is 0.0765. The van der Waals surface area contributed by atoms with Gasteiger partial charge in [0.15, 0.2) is 0 Å². The fourth-order valence-corrected chi connectivity index (χ4v) is 1.17. The summed E-state index contributed by atoms with van der Waals surface area (Å²) in [6.45, 7) is 3.90. The molecule has 4 heteroatoms. The predicted molar refractivity (Wildman–Crippen MR) is 56.5 cm³/mol. The van der Waals surface area contributed by atoms with Gasteiger partial charge in [0.25, 0.3) is 5.91 Å². The van der Waals surface area contributed by atoms with Crippen LogP contribution in [0.3, 0.4) is 0 Å². The summed E-state index contributed by atoms with van der Waals surface area (Å²) >= 11 is 5.86.